The van der Waals surface area contributed by atoms with E-state index >= 15 is 0 Å². The van der Waals surface area contributed by atoms with E-state index in [0.717, 1.165) is 11.1 Å². The third-order valence-electron chi connectivity index (χ3n) is 5.75. The lowest BCUT2D eigenvalue weighted by molar-refractivity contribution is -0.110. The number of benzene rings is 3. The van der Waals surface area contributed by atoms with E-state index in [1.165, 1.54) is 20.3 Å². The van der Waals surface area contributed by atoms with Crippen LogP contribution >= 0.6 is 11.6 Å². The summed E-state index contributed by atoms with van der Waals surface area (Å²) in [5.41, 5.74) is 3.83. The predicted molar refractivity (Wildman–Crippen MR) is 132 cm³/mol. The minimum absolute atomic E-state index is 0.00111. The quantitative estimate of drug-likeness (QED) is 0.240. The van der Waals surface area contributed by atoms with Crippen molar-refractivity contribution >= 4 is 34.5 Å². The number of rotatable bonds is 5. The summed E-state index contributed by atoms with van der Waals surface area (Å²) in [6, 6.07) is 17.4. The van der Waals surface area contributed by atoms with Gasteiger partial charge in [-0.15, -0.1) is 0 Å². The molecule has 3 N–H and O–H groups in total. The van der Waals surface area contributed by atoms with Crippen LogP contribution in [-0.4, -0.2) is 35.5 Å². The normalized spacial score (nSPS) is 13.9. The van der Waals surface area contributed by atoms with Gasteiger partial charge in [-0.25, -0.2) is 0 Å². The molecule has 0 atom stereocenters. The highest BCUT2D eigenvalue weighted by atomic mass is 35.5. The van der Waals surface area contributed by atoms with Crippen molar-refractivity contribution in [3.05, 3.63) is 77.0 Å². The standard InChI is InChI=1S/C26H19ClN2O6/c1-33-20-5-3-4-15(24(20)30)13-6-8-14(9-7-13)16-10-17-19(11-18(16)27)28-26(32)23(17)25(31)21-12-22(34-2)29-35-21/h3-12,30-31H,1-2H3,(H,28,32)/b25-23+. The average molecular weight is 491 g/mol. The lowest BCUT2D eigenvalue weighted by Crippen LogP contribution is -2.05. The molecule has 35 heavy (non-hydrogen) atoms. The molecule has 2 heterocycles. The van der Waals surface area contributed by atoms with Gasteiger partial charge in [0.25, 0.3) is 11.8 Å². The number of phenols is 1. The van der Waals surface area contributed by atoms with E-state index in [1.54, 1.807) is 30.3 Å². The number of carbonyl (C=O) groups is 1. The summed E-state index contributed by atoms with van der Waals surface area (Å²) in [5, 5.41) is 28.0. The first-order valence-corrected chi connectivity index (χ1v) is 10.9. The first-order valence-electron chi connectivity index (χ1n) is 10.5. The Kier molecular flexibility index (Phi) is 5.58. The number of carbonyl (C=O) groups excluding carboxylic acids is 1. The van der Waals surface area contributed by atoms with Gasteiger partial charge in [-0.1, -0.05) is 48.0 Å². The molecule has 0 bridgehead atoms. The fraction of sp³-hybridized carbons (Fsp3) is 0.0769. The second kappa shape index (κ2) is 8.73. The molecule has 8 nitrogen and oxygen atoms in total. The zero-order chi connectivity index (χ0) is 24.7. The molecule has 1 amide bonds. The van der Waals surface area contributed by atoms with Crippen molar-refractivity contribution in [2.75, 3.05) is 19.5 Å². The van der Waals surface area contributed by atoms with E-state index in [2.05, 4.69) is 10.5 Å². The Balaban J connectivity index is 1.56. The number of para-hydroxylation sites is 1. The van der Waals surface area contributed by atoms with Gasteiger partial charge >= 0.3 is 0 Å². The molecule has 4 aromatic rings. The van der Waals surface area contributed by atoms with E-state index in [0.29, 0.717) is 33.1 Å². The lowest BCUT2D eigenvalue weighted by Gasteiger charge is -2.11. The lowest BCUT2D eigenvalue weighted by atomic mass is 9.96. The number of nitrogens with one attached hydrogen (secondary N) is 1. The highest BCUT2D eigenvalue weighted by Crippen LogP contribution is 2.43. The van der Waals surface area contributed by atoms with Crippen molar-refractivity contribution in [2.24, 2.45) is 0 Å². The van der Waals surface area contributed by atoms with Crippen LogP contribution in [0.15, 0.2) is 65.2 Å². The third kappa shape index (κ3) is 3.83. The molecular weight excluding hydrogens is 472 g/mol. The molecule has 0 unspecified atom stereocenters. The number of amides is 1. The number of aliphatic hydroxyl groups is 1. The number of methoxy groups -OCH3 is 2. The molecule has 0 saturated carbocycles. The van der Waals surface area contributed by atoms with Gasteiger partial charge in [0.05, 0.1) is 36.6 Å². The van der Waals surface area contributed by atoms with E-state index in [4.69, 9.17) is 25.6 Å². The van der Waals surface area contributed by atoms with Crippen molar-refractivity contribution in [2.45, 2.75) is 0 Å². The number of aromatic hydroxyl groups is 1. The fourth-order valence-corrected chi connectivity index (χ4v) is 4.26. The number of phenolic OH excluding ortho intramolecular Hbond substituents is 1. The second-order valence-electron chi connectivity index (χ2n) is 7.72. The Bertz CT molecular complexity index is 1490. The Hall–Kier alpha value is -4.43. The first-order chi connectivity index (χ1) is 16.9. The summed E-state index contributed by atoms with van der Waals surface area (Å²) in [5.74, 6) is -0.256. The molecule has 9 heteroatoms. The average Bonchev–Trinajstić information content (AvgIpc) is 3.47. The van der Waals surface area contributed by atoms with Gasteiger partial charge in [0.1, 0.15) is 0 Å². The molecular formula is C26H19ClN2O6. The Morgan fingerprint density at radius 1 is 0.971 bits per heavy atom. The molecule has 5 rings (SSSR count). The molecule has 176 valence electrons. The van der Waals surface area contributed by atoms with Crippen LogP contribution in [0.5, 0.6) is 17.4 Å². The van der Waals surface area contributed by atoms with Crippen molar-refractivity contribution in [3.63, 3.8) is 0 Å². The summed E-state index contributed by atoms with van der Waals surface area (Å²) in [4.78, 5) is 12.7. The monoisotopic (exact) mass is 490 g/mol. The van der Waals surface area contributed by atoms with Crippen LogP contribution < -0.4 is 14.8 Å². The number of halogens is 1. The molecule has 0 fully saturated rings. The third-order valence-corrected chi connectivity index (χ3v) is 6.06. The number of nitrogens with zero attached hydrogens (tertiary/aromatic N) is 1. The van der Waals surface area contributed by atoms with Gasteiger partial charge in [0.15, 0.2) is 17.3 Å². The van der Waals surface area contributed by atoms with E-state index in [9.17, 15) is 15.0 Å². The van der Waals surface area contributed by atoms with Crippen LogP contribution in [-0.2, 0) is 4.79 Å². The Morgan fingerprint density at radius 2 is 1.69 bits per heavy atom. The summed E-state index contributed by atoms with van der Waals surface area (Å²) < 4.78 is 15.3. The highest BCUT2D eigenvalue weighted by Gasteiger charge is 2.31. The van der Waals surface area contributed by atoms with E-state index in [-0.39, 0.29) is 28.7 Å². The molecule has 1 aliphatic rings. The number of ether oxygens (including phenoxy) is 2. The van der Waals surface area contributed by atoms with Gasteiger partial charge in [0.2, 0.25) is 5.76 Å². The van der Waals surface area contributed by atoms with Gasteiger partial charge in [-0.05, 0) is 34.5 Å². The minimum atomic E-state index is -0.495. The number of aliphatic hydroxyl groups excluding tert-OH is 1. The topological polar surface area (TPSA) is 114 Å². The molecule has 0 radical (unpaired) electrons. The summed E-state index contributed by atoms with van der Waals surface area (Å²) in [7, 11) is 2.91. The minimum Gasteiger partial charge on any atom is -0.504 e. The van der Waals surface area contributed by atoms with Crippen molar-refractivity contribution in [1.29, 1.82) is 0 Å². The van der Waals surface area contributed by atoms with Crippen LogP contribution in [0.25, 0.3) is 33.6 Å². The highest BCUT2D eigenvalue weighted by molar-refractivity contribution is 6.38. The fourth-order valence-electron chi connectivity index (χ4n) is 3.99. The summed E-state index contributed by atoms with van der Waals surface area (Å²) in [6.07, 6.45) is 0. The molecule has 0 aliphatic carbocycles. The summed E-state index contributed by atoms with van der Waals surface area (Å²) >= 11 is 6.55. The molecule has 3 aromatic carbocycles. The van der Waals surface area contributed by atoms with Crippen molar-refractivity contribution < 1.29 is 29.0 Å². The SMILES string of the molecule is COc1cc(/C(O)=C2\C(=O)Nc3cc(Cl)c(-c4ccc(-c5cccc(OC)c5O)cc4)cc32)on1. The number of hydrogen-bond donors (Lipinski definition) is 3. The van der Waals surface area contributed by atoms with E-state index in [1.807, 2.05) is 24.3 Å². The van der Waals surface area contributed by atoms with Crippen LogP contribution in [0.1, 0.15) is 11.3 Å². The Labute approximate surface area is 205 Å². The maximum absolute atomic E-state index is 12.7. The van der Waals surface area contributed by atoms with Crippen LogP contribution in [0, 0.1) is 0 Å². The smallest absolute Gasteiger partial charge is 0.260 e. The second-order valence-corrected chi connectivity index (χ2v) is 8.13. The molecule has 0 saturated heterocycles. The number of anilines is 1. The Morgan fingerprint density at radius 3 is 2.34 bits per heavy atom. The van der Waals surface area contributed by atoms with E-state index < -0.39 is 5.91 Å². The number of aromatic nitrogens is 1. The number of hydrogen-bond acceptors (Lipinski definition) is 7. The molecule has 0 spiro atoms. The van der Waals surface area contributed by atoms with Crippen LogP contribution in [0.4, 0.5) is 5.69 Å². The zero-order valence-corrected chi connectivity index (χ0v) is 19.4. The van der Waals surface area contributed by atoms with Gasteiger partial charge < -0.3 is 29.5 Å². The molecule has 1 aromatic heterocycles. The van der Waals surface area contributed by atoms with Crippen LogP contribution in [0.3, 0.4) is 0 Å². The predicted octanol–water partition coefficient (Wildman–Crippen LogP) is 5.76. The zero-order valence-electron chi connectivity index (χ0n) is 18.6. The van der Waals surface area contributed by atoms with Crippen molar-refractivity contribution in [3.8, 4) is 39.6 Å². The van der Waals surface area contributed by atoms with Gasteiger partial charge in [-0.2, -0.15) is 0 Å². The van der Waals surface area contributed by atoms with Crippen molar-refractivity contribution in [1.82, 2.24) is 5.16 Å². The molecule has 1 aliphatic heterocycles. The maximum atomic E-state index is 12.7. The number of fused-ring (bicyclic) bond motifs is 1. The van der Waals surface area contributed by atoms with Gasteiger partial charge in [-0.3, -0.25) is 4.79 Å². The van der Waals surface area contributed by atoms with Crippen LogP contribution in [0.2, 0.25) is 5.02 Å². The summed E-state index contributed by atoms with van der Waals surface area (Å²) in [6.45, 7) is 0. The largest absolute Gasteiger partial charge is 0.504 e. The first kappa shape index (κ1) is 22.4. The van der Waals surface area contributed by atoms with Gasteiger partial charge in [0, 0.05) is 16.7 Å². The maximum Gasteiger partial charge on any atom is 0.260 e.